The number of hydrogen-bond donors (Lipinski definition) is 0. The Kier molecular flexibility index (Phi) is 7.24. The number of sulfonamides is 1. The van der Waals surface area contributed by atoms with Gasteiger partial charge in [-0.2, -0.15) is 0 Å². The molecule has 7 nitrogen and oxygen atoms in total. The van der Waals surface area contributed by atoms with Crippen molar-refractivity contribution >= 4 is 50.5 Å². The van der Waals surface area contributed by atoms with Crippen LogP contribution in [0.1, 0.15) is 5.56 Å². The van der Waals surface area contributed by atoms with Gasteiger partial charge in [0.25, 0.3) is 0 Å². The van der Waals surface area contributed by atoms with Crippen LogP contribution >= 0.6 is 23.2 Å². The SMILES string of the molecule is COc1ccc(N(CC(=O)N2CCN(c3cc(Cl)ccc3C)CC2)S(C)(=O)=O)cc1Cl. The standard InChI is InChI=1S/C21H25Cl2N3O4S/c1-15-4-5-16(22)12-19(15)24-8-10-25(11-9-24)21(27)14-26(31(3,28)29)17-6-7-20(30-2)18(23)13-17/h4-7,12-13H,8-11,14H2,1-3H3. The maximum absolute atomic E-state index is 12.9. The van der Waals surface area contributed by atoms with Crippen LogP contribution in [0.25, 0.3) is 0 Å². The Bertz CT molecular complexity index is 1070. The number of halogens is 2. The number of methoxy groups -OCH3 is 1. The topological polar surface area (TPSA) is 70.2 Å². The summed E-state index contributed by atoms with van der Waals surface area (Å²) in [5.41, 5.74) is 2.48. The quantitative estimate of drug-likeness (QED) is 0.626. The van der Waals surface area contributed by atoms with Gasteiger partial charge in [0.2, 0.25) is 15.9 Å². The first-order valence-corrected chi connectivity index (χ1v) is 12.3. The Morgan fingerprint density at radius 3 is 2.35 bits per heavy atom. The van der Waals surface area contributed by atoms with Crippen molar-refractivity contribution in [3.63, 3.8) is 0 Å². The van der Waals surface area contributed by atoms with E-state index in [2.05, 4.69) is 4.90 Å². The van der Waals surface area contributed by atoms with Gasteiger partial charge in [0, 0.05) is 36.9 Å². The van der Waals surface area contributed by atoms with E-state index in [9.17, 15) is 13.2 Å². The zero-order valence-corrected chi connectivity index (χ0v) is 20.0. The Morgan fingerprint density at radius 1 is 1.10 bits per heavy atom. The summed E-state index contributed by atoms with van der Waals surface area (Å²) >= 11 is 12.3. The zero-order chi connectivity index (χ0) is 22.8. The van der Waals surface area contributed by atoms with Gasteiger partial charge in [0.05, 0.1) is 24.1 Å². The molecule has 0 aromatic heterocycles. The number of nitrogens with zero attached hydrogens (tertiary/aromatic N) is 3. The lowest BCUT2D eigenvalue weighted by Gasteiger charge is -2.37. The molecule has 1 aliphatic heterocycles. The van der Waals surface area contributed by atoms with Gasteiger partial charge in [0.15, 0.2) is 0 Å². The van der Waals surface area contributed by atoms with Gasteiger partial charge >= 0.3 is 0 Å². The summed E-state index contributed by atoms with van der Waals surface area (Å²) in [5.74, 6) is 0.164. The predicted octanol–water partition coefficient (Wildman–Crippen LogP) is 3.43. The van der Waals surface area contributed by atoms with E-state index in [0.717, 1.165) is 21.8 Å². The van der Waals surface area contributed by atoms with Crippen molar-refractivity contribution in [2.45, 2.75) is 6.92 Å². The molecule has 1 heterocycles. The lowest BCUT2D eigenvalue weighted by Crippen LogP contribution is -2.52. The van der Waals surface area contributed by atoms with E-state index in [-0.39, 0.29) is 17.5 Å². The number of amides is 1. The number of carbonyl (C=O) groups is 1. The Labute approximate surface area is 193 Å². The van der Waals surface area contributed by atoms with Crippen LogP contribution in [0.2, 0.25) is 10.0 Å². The van der Waals surface area contributed by atoms with Crippen LogP contribution in [0.4, 0.5) is 11.4 Å². The first kappa shape index (κ1) is 23.5. The molecule has 1 fully saturated rings. The molecule has 2 aromatic rings. The highest BCUT2D eigenvalue weighted by atomic mass is 35.5. The van der Waals surface area contributed by atoms with E-state index in [4.69, 9.17) is 27.9 Å². The second kappa shape index (κ2) is 9.54. The number of ether oxygens (including phenoxy) is 1. The number of carbonyl (C=O) groups excluding carboxylic acids is 1. The van der Waals surface area contributed by atoms with Crippen molar-refractivity contribution in [3.8, 4) is 5.75 Å². The fraction of sp³-hybridized carbons (Fsp3) is 0.381. The smallest absolute Gasteiger partial charge is 0.243 e. The third-order valence-corrected chi connectivity index (χ3v) is 6.92. The molecule has 0 saturated carbocycles. The zero-order valence-electron chi connectivity index (χ0n) is 17.6. The highest BCUT2D eigenvalue weighted by Crippen LogP contribution is 2.30. The third-order valence-electron chi connectivity index (χ3n) is 5.25. The molecule has 1 saturated heterocycles. The number of hydrogen-bond acceptors (Lipinski definition) is 5. The van der Waals surface area contributed by atoms with Crippen LogP contribution < -0.4 is 13.9 Å². The molecule has 0 unspecified atom stereocenters. The van der Waals surface area contributed by atoms with Gasteiger partial charge < -0.3 is 14.5 Å². The molecule has 2 aromatic carbocycles. The average molecular weight is 486 g/mol. The molecule has 0 aliphatic carbocycles. The van der Waals surface area contributed by atoms with E-state index >= 15 is 0 Å². The van der Waals surface area contributed by atoms with Crippen molar-refractivity contribution in [1.29, 1.82) is 0 Å². The van der Waals surface area contributed by atoms with Gasteiger partial charge in [-0.15, -0.1) is 0 Å². The number of aryl methyl sites for hydroxylation is 1. The number of piperazine rings is 1. The Balaban J connectivity index is 1.71. The number of anilines is 2. The second-order valence-electron chi connectivity index (χ2n) is 7.39. The Hall–Kier alpha value is -2.16. The summed E-state index contributed by atoms with van der Waals surface area (Å²) in [6.07, 6.45) is 1.07. The van der Waals surface area contributed by atoms with Crippen LogP contribution in [0.15, 0.2) is 36.4 Å². The molecule has 0 atom stereocenters. The minimum Gasteiger partial charge on any atom is -0.495 e. The molecule has 1 aliphatic rings. The molecule has 31 heavy (non-hydrogen) atoms. The predicted molar refractivity (Wildman–Crippen MR) is 125 cm³/mol. The van der Waals surface area contributed by atoms with Crippen molar-refractivity contribution in [2.75, 3.05) is 55.3 Å². The molecule has 3 rings (SSSR count). The van der Waals surface area contributed by atoms with Gasteiger partial charge in [-0.3, -0.25) is 9.10 Å². The van der Waals surface area contributed by atoms with Crippen molar-refractivity contribution in [2.24, 2.45) is 0 Å². The summed E-state index contributed by atoms with van der Waals surface area (Å²) < 4.78 is 30.9. The van der Waals surface area contributed by atoms with Crippen LogP contribution in [-0.4, -0.2) is 65.3 Å². The summed E-state index contributed by atoms with van der Waals surface area (Å²) in [7, 11) is -2.22. The molecule has 10 heteroatoms. The first-order valence-electron chi connectivity index (χ1n) is 9.70. The summed E-state index contributed by atoms with van der Waals surface area (Å²) in [6, 6.07) is 10.4. The fourth-order valence-corrected chi connectivity index (χ4v) is 4.81. The average Bonchev–Trinajstić information content (AvgIpc) is 2.73. The summed E-state index contributed by atoms with van der Waals surface area (Å²) in [5, 5.41) is 0.938. The molecule has 0 bridgehead atoms. The normalized spacial score (nSPS) is 14.5. The largest absolute Gasteiger partial charge is 0.495 e. The van der Waals surface area contributed by atoms with Crippen molar-refractivity contribution < 1.29 is 17.9 Å². The molecular weight excluding hydrogens is 461 g/mol. The number of benzene rings is 2. The lowest BCUT2D eigenvalue weighted by atomic mass is 10.1. The van der Waals surface area contributed by atoms with Gasteiger partial charge in [0.1, 0.15) is 12.3 Å². The van der Waals surface area contributed by atoms with E-state index < -0.39 is 10.0 Å². The molecular formula is C21H25Cl2N3O4S. The van der Waals surface area contributed by atoms with Crippen LogP contribution in [0.5, 0.6) is 5.75 Å². The Morgan fingerprint density at radius 2 is 1.77 bits per heavy atom. The molecule has 0 N–H and O–H groups in total. The van der Waals surface area contributed by atoms with E-state index in [0.29, 0.717) is 42.6 Å². The highest BCUT2D eigenvalue weighted by Gasteiger charge is 2.27. The van der Waals surface area contributed by atoms with Crippen molar-refractivity contribution in [3.05, 3.63) is 52.0 Å². The molecule has 0 radical (unpaired) electrons. The van der Waals surface area contributed by atoms with Crippen LogP contribution in [0, 0.1) is 6.92 Å². The minimum atomic E-state index is -3.69. The van der Waals surface area contributed by atoms with E-state index in [1.165, 1.54) is 13.2 Å². The summed E-state index contributed by atoms with van der Waals surface area (Å²) in [6.45, 7) is 3.99. The molecule has 168 valence electrons. The fourth-order valence-electron chi connectivity index (χ4n) is 3.55. The minimum absolute atomic E-state index is 0.264. The second-order valence-corrected chi connectivity index (χ2v) is 10.1. The van der Waals surface area contributed by atoms with Crippen LogP contribution in [-0.2, 0) is 14.8 Å². The first-order chi connectivity index (χ1) is 14.6. The third kappa shape index (κ3) is 5.56. The molecule has 0 spiro atoms. The van der Waals surface area contributed by atoms with Crippen LogP contribution in [0.3, 0.4) is 0 Å². The van der Waals surface area contributed by atoms with E-state index in [1.807, 2.05) is 25.1 Å². The summed E-state index contributed by atoms with van der Waals surface area (Å²) in [4.78, 5) is 16.8. The lowest BCUT2D eigenvalue weighted by molar-refractivity contribution is -0.129. The highest BCUT2D eigenvalue weighted by molar-refractivity contribution is 7.92. The van der Waals surface area contributed by atoms with Gasteiger partial charge in [-0.25, -0.2) is 8.42 Å². The maximum atomic E-state index is 12.9. The monoisotopic (exact) mass is 485 g/mol. The van der Waals surface area contributed by atoms with E-state index in [1.54, 1.807) is 17.0 Å². The molecule has 1 amide bonds. The van der Waals surface area contributed by atoms with Gasteiger partial charge in [-0.05, 0) is 42.8 Å². The number of rotatable bonds is 6. The maximum Gasteiger partial charge on any atom is 0.243 e. The van der Waals surface area contributed by atoms with Crippen molar-refractivity contribution in [1.82, 2.24) is 4.90 Å². The van der Waals surface area contributed by atoms with Gasteiger partial charge in [-0.1, -0.05) is 29.3 Å².